The highest BCUT2D eigenvalue weighted by Crippen LogP contribution is 2.24. The summed E-state index contributed by atoms with van der Waals surface area (Å²) in [4.78, 5) is 19.0. The molecule has 0 saturated carbocycles. The maximum absolute atomic E-state index is 10.7. The fraction of sp³-hybridized carbons (Fsp3) is 0.714. The van der Waals surface area contributed by atoms with Gasteiger partial charge in [-0.25, -0.2) is 4.98 Å². The summed E-state index contributed by atoms with van der Waals surface area (Å²) in [6.45, 7) is 5.43. The average molecular weight is 282 g/mol. The molecular formula is C14H22N2O2S. The standard InChI is InChI=1S/C14H22N2O2S/c1-2-5-11-12(6-7-14(17)18)19-13(15-11)10-16-8-3-4-9-16/h2-10H2,1H3,(H,17,18). The number of aromatic nitrogens is 1. The van der Waals surface area contributed by atoms with Crippen molar-refractivity contribution in [3.8, 4) is 0 Å². The van der Waals surface area contributed by atoms with Crippen LogP contribution in [0.25, 0.3) is 0 Å². The molecule has 4 nitrogen and oxygen atoms in total. The molecule has 0 spiro atoms. The number of hydrogen-bond donors (Lipinski definition) is 1. The summed E-state index contributed by atoms with van der Waals surface area (Å²) in [5.74, 6) is -0.725. The second-order valence-corrected chi connectivity index (χ2v) is 6.27. The molecule has 1 saturated heterocycles. The van der Waals surface area contributed by atoms with Gasteiger partial charge in [0.1, 0.15) is 5.01 Å². The molecule has 106 valence electrons. The Kier molecular flexibility index (Phi) is 5.34. The lowest BCUT2D eigenvalue weighted by molar-refractivity contribution is -0.136. The van der Waals surface area contributed by atoms with E-state index in [1.54, 1.807) is 11.3 Å². The van der Waals surface area contributed by atoms with Gasteiger partial charge in [0.05, 0.1) is 18.7 Å². The van der Waals surface area contributed by atoms with Crippen molar-refractivity contribution in [2.45, 2.75) is 52.0 Å². The molecule has 1 aliphatic rings. The Bertz CT molecular complexity index is 425. The third-order valence-corrected chi connectivity index (χ3v) is 4.57. The van der Waals surface area contributed by atoms with Crippen molar-refractivity contribution in [2.24, 2.45) is 0 Å². The molecule has 2 rings (SSSR count). The molecule has 0 amide bonds. The van der Waals surface area contributed by atoms with Crippen molar-refractivity contribution in [3.05, 3.63) is 15.6 Å². The Labute approximate surface area is 118 Å². The van der Waals surface area contributed by atoms with Crippen LogP contribution in [0, 0.1) is 0 Å². The first kappa shape index (κ1) is 14.5. The topological polar surface area (TPSA) is 53.4 Å². The number of aliphatic carboxylic acids is 1. The summed E-state index contributed by atoms with van der Waals surface area (Å²) in [5, 5.41) is 9.97. The molecule has 1 aromatic heterocycles. The molecule has 0 unspecified atom stereocenters. The third-order valence-electron chi connectivity index (χ3n) is 3.43. The van der Waals surface area contributed by atoms with Crippen LogP contribution in [0.3, 0.4) is 0 Å². The minimum Gasteiger partial charge on any atom is -0.481 e. The highest BCUT2D eigenvalue weighted by atomic mass is 32.1. The lowest BCUT2D eigenvalue weighted by Crippen LogP contribution is -2.18. The predicted octanol–water partition coefficient (Wildman–Crippen LogP) is 2.71. The molecule has 19 heavy (non-hydrogen) atoms. The highest BCUT2D eigenvalue weighted by Gasteiger charge is 2.16. The Morgan fingerprint density at radius 1 is 1.37 bits per heavy atom. The molecule has 1 fully saturated rings. The van der Waals surface area contributed by atoms with E-state index >= 15 is 0 Å². The van der Waals surface area contributed by atoms with Crippen molar-refractivity contribution in [1.29, 1.82) is 0 Å². The largest absolute Gasteiger partial charge is 0.481 e. The van der Waals surface area contributed by atoms with E-state index in [9.17, 15) is 4.79 Å². The van der Waals surface area contributed by atoms with E-state index in [0.29, 0.717) is 6.42 Å². The molecule has 0 aliphatic carbocycles. The van der Waals surface area contributed by atoms with E-state index in [1.165, 1.54) is 30.8 Å². The number of carbonyl (C=O) groups is 1. The minimum absolute atomic E-state index is 0.210. The van der Waals surface area contributed by atoms with Crippen molar-refractivity contribution < 1.29 is 9.90 Å². The van der Waals surface area contributed by atoms with Crippen LogP contribution in [0.15, 0.2) is 0 Å². The van der Waals surface area contributed by atoms with Crippen molar-refractivity contribution in [2.75, 3.05) is 13.1 Å². The Balaban J connectivity index is 2.02. The number of likely N-dealkylation sites (tertiary alicyclic amines) is 1. The number of hydrogen-bond acceptors (Lipinski definition) is 4. The summed E-state index contributed by atoms with van der Waals surface area (Å²) in [6.07, 6.45) is 5.45. The maximum Gasteiger partial charge on any atom is 0.303 e. The van der Waals surface area contributed by atoms with Crippen LogP contribution in [0.1, 0.15) is 48.2 Å². The Hall–Kier alpha value is -0.940. The van der Waals surface area contributed by atoms with Gasteiger partial charge in [-0.3, -0.25) is 9.69 Å². The van der Waals surface area contributed by atoms with E-state index in [1.807, 2.05) is 0 Å². The first-order valence-electron chi connectivity index (χ1n) is 7.10. The molecule has 0 atom stereocenters. The zero-order valence-electron chi connectivity index (χ0n) is 11.5. The molecule has 0 bridgehead atoms. The number of carboxylic acids is 1. The second kappa shape index (κ2) is 7.01. The van der Waals surface area contributed by atoms with Gasteiger partial charge >= 0.3 is 5.97 Å². The highest BCUT2D eigenvalue weighted by molar-refractivity contribution is 7.11. The van der Waals surface area contributed by atoms with Crippen molar-refractivity contribution in [3.63, 3.8) is 0 Å². The van der Waals surface area contributed by atoms with Crippen LogP contribution in [-0.4, -0.2) is 34.0 Å². The number of carboxylic acid groups (broad SMARTS) is 1. The summed E-state index contributed by atoms with van der Waals surface area (Å²) < 4.78 is 0. The third kappa shape index (κ3) is 4.28. The van der Waals surface area contributed by atoms with Crippen LogP contribution in [0.2, 0.25) is 0 Å². The van der Waals surface area contributed by atoms with E-state index in [-0.39, 0.29) is 6.42 Å². The Morgan fingerprint density at radius 2 is 2.11 bits per heavy atom. The van der Waals surface area contributed by atoms with Crippen molar-refractivity contribution in [1.82, 2.24) is 9.88 Å². The molecule has 5 heteroatoms. The monoisotopic (exact) mass is 282 g/mol. The van der Waals surface area contributed by atoms with Gasteiger partial charge in [0, 0.05) is 4.88 Å². The van der Waals surface area contributed by atoms with Gasteiger partial charge in [0.2, 0.25) is 0 Å². The number of rotatable bonds is 7. The second-order valence-electron chi connectivity index (χ2n) is 5.10. The zero-order chi connectivity index (χ0) is 13.7. The van der Waals surface area contributed by atoms with E-state index in [2.05, 4.69) is 11.8 Å². The fourth-order valence-electron chi connectivity index (χ4n) is 2.48. The number of aryl methyl sites for hydroxylation is 2. The van der Waals surface area contributed by atoms with Crippen molar-refractivity contribution >= 4 is 17.3 Å². The average Bonchev–Trinajstić information content (AvgIpc) is 2.98. The van der Waals surface area contributed by atoms with Crippen LogP contribution in [0.5, 0.6) is 0 Å². The molecule has 1 aliphatic heterocycles. The molecule has 1 aromatic rings. The first-order valence-corrected chi connectivity index (χ1v) is 7.92. The summed E-state index contributed by atoms with van der Waals surface area (Å²) in [5.41, 5.74) is 1.13. The lowest BCUT2D eigenvalue weighted by Gasteiger charge is -2.11. The molecule has 0 aromatic carbocycles. The first-order chi connectivity index (χ1) is 9.19. The van der Waals surface area contributed by atoms with Gasteiger partial charge in [-0.15, -0.1) is 11.3 Å². The van der Waals surface area contributed by atoms with Gasteiger partial charge in [-0.2, -0.15) is 0 Å². The minimum atomic E-state index is -0.725. The van der Waals surface area contributed by atoms with E-state index in [0.717, 1.165) is 30.1 Å². The smallest absolute Gasteiger partial charge is 0.303 e. The van der Waals surface area contributed by atoms with Gasteiger partial charge in [-0.1, -0.05) is 13.3 Å². The van der Waals surface area contributed by atoms with Crippen LogP contribution < -0.4 is 0 Å². The van der Waals surface area contributed by atoms with Crippen LogP contribution in [0.4, 0.5) is 0 Å². The molecular weight excluding hydrogens is 260 g/mol. The zero-order valence-corrected chi connectivity index (χ0v) is 12.3. The quantitative estimate of drug-likeness (QED) is 0.835. The normalized spacial score (nSPS) is 16.1. The molecule has 0 radical (unpaired) electrons. The number of thiazole rings is 1. The van der Waals surface area contributed by atoms with Gasteiger partial charge < -0.3 is 5.11 Å². The Morgan fingerprint density at radius 3 is 2.74 bits per heavy atom. The summed E-state index contributed by atoms with van der Waals surface area (Å²) in [7, 11) is 0. The predicted molar refractivity (Wildman–Crippen MR) is 76.6 cm³/mol. The maximum atomic E-state index is 10.7. The van der Waals surface area contributed by atoms with Crippen LogP contribution >= 0.6 is 11.3 Å². The SMILES string of the molecule is CCCc1nc(CN2CCCC2)sc1CCC(=O)O. The summed E-state index contributed by atoms with van der Waals surface area (Å²) >= 11 is 1.71. The van der Waals surface area contributed by atoms with Crippen LogP contribution in [-0.2, 0) is 24.2 Å². The van der Waals surface area contributed by atoms with E-state index < -0.39 is 5.97 Å². The van der Waals surface area contributed by atoms with Gasteiger partial charge in [-0.05, 0) is 38.8 Å². The molecule has 2 heterocycles. The van der Waals surface area contributed by atoms with E-state index in [4.69, 9.17) is 10.1 Å². The fourth-order valence-corrected chi connectivity index (χ4v) is 3.64. The number of nitrogens with zero attached hydrogens (tertiary/aromatic N) is 2. The van der Waals surface area contributed by atoms with Gasteiger partial charge in [0.15, 0.2) is 0 Å². The summed E-state index contributed by atoms with van der Waals surface area (Å²) in [6, 6.07) is 0. The lowest BCUT2D eigenvalue weighted by atomic mass is 10.2. The van der Waals surface area contributed by atoms with Gasteiger partial charge in [0.25, 0.3) is 0 Å². The molecule has 1 N–H and O–H groups in total.